The normalized spacial score (nSPS) is 11.0. The fourth-order valence-electron chi connectivity index (χ4n) is 2.79. The maximum Gasteiger partial charge on any atom is 0.257 e. The molecule has 4 rings (SSSR count). The van der Waals surface area contributed by atoms with Crippen LogP contribution in [0.25, 0.3) is 15.9 Å². The Kier molecular flexibility index (Phi) is 3.82. The number of imidazole rings is 1. The first-order chi connectivity index (χ1) is 12.1. The summed E-state index contributed by atoms with van der Waals surface area (Å²) in [5.74, 6) is -0.161. The summed E-state index contributed by atoms with van der Waals surface area (Å²) >= 11 is 1.49. The predicted octanol–water partition coefficient (Wildman–Crippen LogP) is 4.35. The Hall–Kier alpha value is -2.99. The number of thiazole rings is 1. The molecule has 0 aliphatic heterocycles. The van der Waals surface area contributed by atoms with Crippen molar-refractivity contribution < 1.29 is 4.79 Å². The first kappa shape index (κ1) is 15.5. The maximum absolute atomic E-state index is 12.5. The van der Waals surface area contributed by atoms with E-state index in [1.807, 2.05) is 29.8 Å². The number of carbonyl (C=O) groups is 1. The third-order valence-electron chi connectivity index (χ3n) is 3.98. The highest BCUT2D eigenvalue weighted by Crippen LogP contribution is 2.29. The summed E-state index contributed by atoms with van der Waals surface area (Å²) in [7, 11) is 0. The Morgan fingerprint density at radius 3 is 2.68 bits per heavy atom. The summed E-state index contributed by atoms with van der Waals surface area (Å²) in [6.45, 7) is 4.10. The number of hydrogen-bond donors (Lipinski definition) is 1. The van der Waals surface area contributed by atoms with Gasteiger partial charge in [-0.3, -0.25) is 10.1 Å². The van der Waals surface area contributed by atoms with E-state index in [1.54, 1.807) is 24.7 Å². The topological polar surface area (TPSA) is 59.8 Å². The van der Waals surface area contributed by atoms with Gasteiger partial charge >= 0.3 is 0 Å². The summed E-state index contributed by atoms with van der Waals surface area (Å²) in [5, 5.41) is 3.52. The van der Waals surface area contributed by atoms with Gasteiger partial charge in [0.1, 0.15) is 0 Å². The van der Waals surface area contributed by atoms with Crippen LogP contribution in [-0.4, -0.2) is 20.4 Å². The Balaban J connectivity index is 1.56. The number of aryl methyl sites for hydroxylation is 2. The molecule has 2 aromatic carbocycles. The third-order valence-corrected chi connectivity index (χ3v) is 4.90. The van der Waals surface area contributed by atoms with Gasteiger partial charge < -0.3 is 4.57 Å². The molecule has 2 heterocycles. The minimum atomic E-state index is -0.161. The van der Waals surface area contributed by atoms with Crippen LogP contribution in [-0.2, 0) is 0 Å². The monoisotopic (exact) mass is 348 g/mol. The van der Waals surface area contributed by atoms with E-state index in [2.05, 4.69) is 34.3 Å². The molecule has 0 fully saturated rings. The van der Waals surface area contributed by atoms with Gasteiger partial charge in [-0.05, 0) is 55.3 Å². The Morgan fingerprint density at radius 2 is 1.96 bits per heavy atom. The smallest absolute Gasteiger partial charge is 0.257 e. The van der Waals surface area contributed by atoms with Gasteiger partial charge in [-0.2, -0.15) is 0 Å². The van der Waals surface area contributed by atoms with Gasteiger partial charge in [-0.25, -0.2) is 9.97 Å². The number of amides is 1. The molecule has 5 nitrogen and oxygen atoms in total. The minimum Gasteiger partial charge on any atom is -0.306 e. The number of hydrogen-bond acceptors (Lipinski definition) is 4. The second kappa shape index (κ2) is 6.14. The van der Waals surface area contributed by atoms with Crippen molar-refractivity contribution >= 4 is 32.6 Å². The molecule has 2 aromatic heterocycles. The summed E-state index contributed by atoms with van der Waals surface area (Å²) in [6.07, 6.45) is 5.30. The van der Waals surface area contributed by atoms with Gasteiger partial charge in [-0.1, -0.05) is 17.4 Å². The van der Waals surface area contributed by atoms with E-state index in [0.29, 0.717) is 10.7 Å². The van der Waals surface area contributed by atoms with Gasteiger partial charge in [-0.15, -0.1) is 0 Å². The minimum absolute atomic E-state index is 0.161. The van der Waals surface area contributed by atoms with Crippen LogP contribution >= 0.6 is 11.3 Å². The van der Waals surface area contributed by atoms with Crippen LogP contribution in [0.5, 0.6) is 0 Å². The molecule has 0 radical (unpaired) electrons. The molecule has 0 saturated heterocycles. The van der Waals surface area contributed by atoms with Crippen molar-refractivity contribution in [3.63, 3.8) is 0 Å². The first-order valence-electron chi connectivity index (χ1n) is 7.88. The van der Waals surface area contributed by atoms with Crippen LogP contribution in [0.3, 0.4) is 0 Å². The lowest BCUT2D eigenvalue weighted by molar-refractivity contribution is 0.102. The van der Waals surface area contributed by atoms with Crippen LogP contribution in [0.15, 0.2) is 55.1 Å². The molecule has 0 aliphatic rings. The fraction of sp³-hybridized carbons (Fsp3) is 0.105. The van der Waals surface area contributed by atoms with Gasteiger partial charge in [0.05, 0.1) is 16.5 Å². The number of anilines is 1. The average molecular weight is 348 g/mol. The SMILES string of the molecule is Cc1cc(C)c2nc(NC(=O)c3ccc(-n4ccnc4)cc3)sc2c1. The lowest BCUT2D eigenvalue weighted by Gasteiger charge is -2.04. The summed E-state index contributed by atoms with van der Waals surface area (Å²) in [4.78, 5) is 21.1. The summed E-state index contributed by atoms with van der Waals surface area (Å²) < 4.78 is 2.98. The molecule has 4 aromatic rings. The number of fused-ring (bicyclic) bond motifs is 1. The second-order valence-corrected chi connectivity index (χ2v) is 6.95. The molecule has 0 bridgehead atoms. The van der Waals surface area contributed by atoms with Crippen molar-refractivity contribution in [3.05, 3.63) is 71.8 Å². The quantitative estimate of drug-likeness (QED) is 0.599. The molecule has 0 unspecified atom stereocenters. The zero-order chi connectivity index (χ0) is 17.4. The standard InChI is InChI=1S/C19H16N4OS/c1-12-9-13(2)17-16(10-12)25-19(21-17)22-18(24)14-3-5-15(6-4-14)23-8-7-20-11-23/h3-11H,1-2H3,(H,21,22,24). The average Bonchev–Trinajstić information content (AvgIpc) is 3.24. The van der Waals surface area contributed by atoms with Gasteiger partial charge in [0, 0.05) is 23.6 Å². The number of carbonyl (C=O) groups excluding carboxylic acids is 1. The number of nitrogens with one attached hydrogen (secondary N) is 1. The zero-order valence-corrected chi connectivity index (χ0v) is 14.7. The van der Waals surface area contributed by atoms with Crippen molar-refractivity contribution in [3.8, 4) is 5.69 Å². The van der Waals surface area contributed by atoms with E-state index in [4.69, 9.17) is 0 Å². The number of nitrogens with zero attached hydrogens (tertiary/aromatic N) is 3. The van der Waals surface area contributed by atoms with E-state index >= 15 is 0 Å². The highest BCUT2D eigenvalue weighted by atomic mass is 32.1. The molecule has 6 heteroatoms. The van der Waals surface area contributed by atoms with Gasteiger partial charge in [0.15, 0.2) is 5.13 Å². The largest absolute Gasteiger partial charge is 0.306 e. The van der Waals surface area contributed by atoms with Crippen molar-refractivity contribution in [2.75, 3.05) is 5.32 Å². The van der Waals surface area contributed by atoms with E-state index in [1.165, 1.54) is 16.9 Å². The van der Waals surface area contributed by atoms with Crippen molar-refractivity contribution in [1.82, 2.24) is 14.5 Å². The van der Waals surface area contributed by atoms with Gasteiger partial charge in [0.25, 0.3) is 5.91 Å². The molecule has 0 saturated carbocycles. The molecule has 0 atom stereocenters. The van der Waals surface area contributed by atoms with E-state index in [0.717, 1.165) is 21.5 Å². The lowest BCUT2D eigenvalue weighted by Crippen LogP contribution is -2.11. The molecular formula is C19H16N4OS. The second-order valence-electron chi connectivity index (χ2n) is 5.92. The summed E-state index contributed by atoms with van der Waals surface area (Å²) in [6, 6.07) is 11.6. The highest BCUT2D eigenvalue weighted by Gasteiger charge is 2.11. The van der Waals surface area contributed by atoms with Crippen molar-refractivity contribution in [1.29, 1.82) is 0 Å². The predicted molar refractivity (Wildman–Crippen MR) is 101 cm³/mol. The van der Waals surface area contributed by atoms with Crippen LogP contribution in [0, 0.1) is 13.8 Å². The maximum atomic E-state index is 12.5. The number of aromatic nitrogens is 3. The number of benzene rings is 2. The van der Waals surface area contributed by atoms with E-state index < -0.39 is 0 Å². The third kappa shape index (κ3) is 3.04. The van der Waals surface area contributed by atoms with Crippen LogP contribution in [0.2, 0.25) is 0 Å². The molecule has 1 amide bonds. The Morgan fingerprint density at radius 1 is 1.16 bits per heavy atom. The molecule has 1 N–H and O–H groups in total. The van der Waals surface area contributed by atoms with Crippen molar-refractivity contribution in [2.24, 2.45) is 0 Å². The zero-order valence-electron chi connectivity index (χ0n) is 13.9. The Labute approximate surface area is 149 Å². The molecule has 0 aliphatic carbocycles. The van der Waals surface area contributed by atoms with E-state index in [9.17, 15) is 4.79 Å². The van der Waals surface area contributed by atoms with Crippen molar-refractivity contribution in [2.45, 2.75) is 13.8 Å². The summed E-state index contributed by atoms with van der Waals surface area (Å²) in [5.41, 5.74) is 4.82. The van der Waals surface area contributed by atoms with E-state index in [-0.39, 0.29) is 5.91 Å². The first-order valence-corrected chi connectivity index (χ1v) is 8.69. The molecular weight excluding hydrogens is 332 g/mol. The number of rotatable bonds is 3. The molecule has 0 spiro atoms. The van der Waals surface area contributed by atoms with Crippen LogP contribution in [0.1, 0.15) is 21.5 Å². The van der Waals surface area contributed by atoms with Crippen LogP contribution < -0.4 is 5.32 Å². The highest BCUT2D eigenvalue weighted by molar-refractivity contribution is 7.22. The fourth-order valence-corrected chi connectivity index (χ4v) is 3.83. The van der Waals surface area contributed by atoms with Crippen LogP contribution in [0.4, 0.5) is 5.13 Å². The van der Waals surface area contributed by atoms with Gasteiger partial charge in [0.2, 0.25) is 0 Å². The Bertz CT molecular complexity index is 1050. The molecule has 25 heavy (non-hydrogen) atoms. The molecule has 124 valence electrons. The lowest BCUT2D eigenvalue weighted by atomic mass is 10.1.